The van der Waals surface area contributed by atoms with Gasteiger partial charge in [0, 0.05) is 18.6 Å². The van der Waals surface area contributed by atoms with E-state index < -0.39 is 0 Å². The van der Waals surface area contributed by atoms with E-state index in [-0.39, 0.29) is 0 Å². The highest BCUT2D eigenvalue weighted by molar-refractivity contribution is 5.00. The molecule has 0 radical (unpaired) electrons. The van der Waals surface area contributed by atoms with Gasteiger partial charge in [-0.05, 0) is 39.3 Å². The SMILES string of the molecule is CC1(N2CCCNCC2)CC1. The molecule has 1 aliphatic carbocycles. The fourth-order valence-electron chi connectivity index (χ4n) is 1.88. The van der Waals surface area contributed by atoms with Gasteiger partial charge in [0.2, 0.25) is 0 Å². The minimum Gasteiger partial charge on any atom is -0.315 e. The molecule has 1 heterocycles. The molecule has 1 N–H and O–H groups in total. The van der Waals surface area contributed by atoms with Crippen LogP contribution in [0.15, 0.2) is 0 Å². The number of rotatable bonds is 1. The fourth-order valence-corrected chi connectivity index (χ4v) is 1.88. The summed E-state index contributed by atoms with van der Waals surface area (Å²) >= 11 is 0. The van der Waals surface area contributed by atoms with E-state index in [1.165, 1.54) is 45.4 Å². The Bertz CT molecular complexity index is 132. The second-order valence-corrected chi connectivity index (χ2v) is 4.09. The first kappa shape index (κ1) is 7.56. The molecule has 2 nitrogen and oxygen atoms in total. The van der Waals surface area contributed by atoms with Crippen molar-refractivity contribution in [3.63, 3.8) is 0 Å². The van der Waals surface area contributed by atoms with E-state index in [0.717, 1.165) is 0 Å². The summed E-state index contributed by atoms with van der Waals surface area (Å²) in [4.78, 5) is 2.66. The van der Waals surface area contributed by atoms with E-state index in [2.05, 4.69) is 17.1 Å². The maximum atomic E-state index is 3.44. The van der Waals surface area contributed by atoms with Crippen LogP contribution in [0.2, 0.25) is 0 Å². The topological polar surface area (TPSA) is 15.3 Å². The van der Waals surface area contributed by atoms with Crippen LogP contribution in [0.1, 0.15) is 26.2 Å². The second kappa shape index (κ2) is 2.76. The van der Waals surface area contributed by atoms with Crippen molar-refractivity contribution < 1.29 is 0 Å². The van der Waals surface area contributed by atoms with Crippen LogP contribution in [0.5, 0.6) is 0 Å². The van der Waals surface area contributed by atoms with Gasteiger partial charge in [-0.2, -0.15) is 0 Å². The molecule has 2 fully saturated rings. The van der Waals surface area contributed by atoms with E-state index in [1.807, 2.05) is 0 Å². The maximum absolute atomic E-state index is 3.44. The Morgan fingerprint density at radius 2 is 2.00 bits per heavy atom. The predicted molar refractivity (Wildman–Crippen MR) is 46.7 cm³/mol. The first-order valence-corrected chi connectivity index (χ1v) is 4.77. The van der Waals surface area contributed by atoms with Crippen molar-refractivity contribution in [3.8, 4) is 0 Å². The lowest BCUT2D eigenvalue weighted by molar-refractivity contribution is 0.204. The quantitative estimate of drug-likeness (QED) is 0.602. The summed E-state index contributed by atoms with van der Waals surface area (Å²) < 4.78 is 0. The lowest BCUT2D eigenvalue weighted by Crippen LogP contribution is -2.37. The smallest absolute Gasteiger partial charge is 0.0183 e. The zero-order chi connectivity index (χ0) is 7.73. The van der Waals surface area contributed by atoms with Gasteiger partial charge in [0.05, 0.1) is 0 Å². The fraction of sp³-hybridized carbons (Fsp3) is 1.00. The minimum absolute atomic E-state index is 0.603. The van der Waals surface area contributed by atoms with Crippen LogP contribution in [0.4, 0.5) is 0 Å². The van der Waals surface area contributed by atoms with E-state index in [1.54, 1.807) is 0 Å². The zero-order valence-corrected chi connectivity index (χ0v) is 7.40. The Morgan fingerprint density at radius 3 is 2.73 bits per heavy atom. The highest BCUT2D eigenvalue weighted by Gasteiger charge is 2.42. The van der Waals surface area contributed by atoms with Crippen LogP contribution in [0, 0.1) is 0 Å². The van der Waals surface area contributed by atoms with Gasteiger partial charge in [0.15, 0.2) is 0 Å². The lowest BCUT2D eigenvalue weighted by Gasteiger charge is -2.26. The van der Waals surface area contributed by atoms with Crippen molar-refractivity contribution in [3.05, 3.63) is 0 Å². The van der Waals surface area contributed by atoms with E-state index >= 15 is 0 Å². The number of nitrogens with zero attached hydrogens (tertiary/aromatic N) is 1. The van der Waals surface area contributed by atoms with Crippen LogP contribution in [-0.4, -0.2) is 36.6 Å². The van der Waals surface area contributed by atoms with Gasteiger partial charge < -0.3 is 5.32 Å². The molecule has 0 aromatic rings. The molecule has 2 heteroatoms. The van der Waals surface area contributed by atoms with Crippen LogP contribution >= 0.6 is 0 Å². The predicted octanol–water partition coefficient (Wildman–Crippen LogP) is 0.834. The molecular weight excluding hydrogens is 136 g/mol. The van der Waals surface area contributed by atoms with E-state index in [4.69, 9.17) is 0 Å². The third-order valence-corrected chi connectivity index (χ3v) is 3.08. The summed E-state index contributed by atoms with van der Waals surface area (Å²) in [6, 6.07) is 0. The molecule has 2 aliphatic rings. The number of hydrogen-bond acceptors (Lipinski definition) is 2. The van der Waals surface area contributed by atoms with Crippen molar-refractivity contribution in [1.29, 1.82) is 0 Å². The van der Waals surface area contributed by atoms with Crippen LogP contribution in [0.3, 0.4) is 0 Å². The lowest BCUT2D eigenvalue weighted by atomic mass is 10.2. The summed E-state index contributed by atoms with van der Waals surface area (Å²) in [7, 11) is 0. The molecule has 0 aromatic carbocycles. The average Bonchev–Trinajstić information content (AvgIpc) is 2.73. The Kier molecular flexibility index (Phi) is 1.90. The van der Waals surface area contributed by atoms with Crippen molar-refractivity contribution >= 4 is 0 Å². The second-order valence-electron chi connectivity index (χ2n) is 4.09. The molecule has 1 saturated heterocycles. The minimum atomic E-state index is 0.603. The van der Waals surface area contributed by atoms with Gasteiger partial charge in [-0.25, -0.2) is 0 Å². The molecule has 0 amide bonds. The molecule has 11 heavy (non-hydrogen) atoms. The van der Waals surface area contributed by atoms with Gasteiger partial charge >= 0.3 is 0 Å². The first-order chi connectivity index (χ1) is 5.31. The number of nitrogens with one attached hydrogen (secondary N) is 1. The van der Waals surface area contributed by atoms with Gasteiger partial charge in [-0.3, -0.25) is 4.90 Å². The molecule has 64 valence electrons. The monoisotopic (exact) mass is 154 g/mol. The summed E-state index contributed by atoms with van der Waals surface area (Å²) in [5, 5.41) is 3.44. The van der Waals surface area contributed by atoms with Crippen molar-refractivity contribution in [2.75, 3.05) is 26.2 Å². The summed E-state index contributed by atoms with van der Waals surface area (Å²) in [6.45, 7) is 7.38. The summed E-state index contributed by atoms with van der Waals surface area (Å²) in [5.41, 5.74) is 0.603. The Morgan fingerprint density at radius 1 is 1.18 bits per heavy atom. The van der Waals surface area contributed by atoms with E-state index in [9.17, 15) is 0 Å². The molecule has 0 atom stereocenters. The number of hydrogen-bond donors (Lipinski definition) is 1. The van der Waals surface area contributed by atoms with Crippen molar-refractivity contribution in [1.82, 2.24) is 10.2 Å². The molecule has 0 aromatic heterocycles. The van der Waals surface area contributed by atoms with Gasteiger partial charge in [-0.15, -0.1) is 0 Å². The zero-order valence-electron chi connectivity index (χ0n) is 7.40. The van der Waals surface area contributed by atoms with E-state index in [0.29, 0.717) is 5.54 Å². The van der Waals surface area contributed by atoms with Crippen LogP contribution in [0.25, 0.3) is 0 Å². The van der Waals surface area contributed by atoms with Crippen LogP contribution in [-0.2, 0) is 0 Å². The third-order valence-electron chi connectivity index (χ3n) is 3.08. The third kappa shape index (κ3) is 1.57. The molecule has 0 unspecified atom stereocenters. The van der Waals surface area contributed by atoms with Crippen molar-refractivity contribution in [2.24, 2.45) is 0 Å². The first-order valence-electron chi connectivity index (χ1n) is 4.77. The molecule has 2 rings (SSSR count). The van der Waals surface area contributed by atoms with Gasteiger partial charge in [0.25, 0.3) is 0 Å². The Hall–Kier alpha value is -0.0800. The summed E-state index contributed by atoms with van der Waals surface area (Å²) in [5.74, 6) is 0. The highest BCUT2D eigenvalue weighted by atomic mass is 15.2. The molecular formula is C9H18N2. The Balaban J connectivity index is 1.90. The summed E-state index contributed by atoms with van der Waals surface area (Å²) in [6.07, 6.45) is 4.18. The molecule has 1 saturated carbocycles. The average molecular weight is 154 g/mol. The highest BCUT2D eigenvalue weighted by Crippen LogP contribution is 2.40. The van der Waals surface area contributed by atoms with Crippen molar-refractivity contribution in [2.45, 2.75) is 31.7 Å². The van der Waals surface area contributed by atoms with Gasteiger partial charge in [0.1, 0.15) is 0 Å². The maximum Gasteiger partial charge on any atom is 0.0183 e. The molecule has 0 bridgehead atoms. The molecule has 1 aliphatic heterocycles. The van der Waals surface area contributed by atoms with Gasteiger partial charge in [-0.1, -0.05) is 0 Å². The molecule has 0 spiro atoms. The largest absolute Gasteiger partial charge is 0.315 e. The standard InChI is InChI=1S/C9H18N2/c1-9(3-4-9)11-7-2-5-10-6-8-11/h10H,2-8H2,1H3. The van der Waals surface area contributed by atoms with Crippen LogP contribution < -0.4 is 5.32 Å². The normalized spacial score (nSPS) is 31.4. The Labute approximate surface area is 69.0 Å².